The van der Waals surface area contributed by atoms with E-state index in [9.17, 15) is 10.1 Å². The number of hydrogen-bond acceptors (Lipinski definition) is 6. The van der Waals surface area contributed by atoms with Crippen LogP contribution in [0.15, 0.2) is 16.7 Å². The standard InChI is InChI=1S/C11H15BrN4O3/c12-9-7-10(16(17)18)11(14-8-9)13-1-2-15-3-5-19-6-4-15/h7-8H,1-6H2,(H,13,14). The highest BCUT2D eigenvalue weighted by molar-refractivity contribution is 9.10. The van der Waals surface area contributed by atoms with Gasteiger partial charge in [-0.15, -0.1) is 0 Å². The number of anilines is 1. The van der Waals surface area contributed by atoms with Gasteiger partial charge in [-0.1, -0.05) is 0 Å². The number of aromatic nitrogens is 1. The van der Waals surface area contributed by atoms with Crippen molar-refractivity contribution >= 4 is 27.4 Å². The van der Waals surface area contributed by atoms with Crippen LogP contribution in [0.4, 0.5) is 11.5 Å². The zero-order chi connectivity index (χ0) is 13.7. The van der Waals surface area contributed by atoms with Gasteiger partial charge in [0, 0.05) is 42.9 Å². The number of hydrogen-bond donors (Lipinski definition) is 1. The van der Waals surface area contributed by atoms with E-state index in [2.05, 4.69) is 31.1 Å². The van der Waals surface area contributed by atoms with E-state index >= 15 is 0 Å². The van der Waals surface area contributed by atoms with Crippen LogP contribution in [0, 0.1) is 10.1 Å². The van der Waals surface area contributed by atoms with Gasteiger partial charge < -0.3 is 10.1 Å². The van der Waals surface area contributed by atoms with Crippen LogP contribution in [0.1, 0.15) is 0 Å². The van der Waals surface area contributed by atoms with Crippen molar-refractivity contribution in [3.63, 3.8) is 0 Å². The molecule has 1 fully saturated rings. The van der Waals surface area contributed by atoms with Gasteiger partial charge in [0.2, 0.25) is 5.82 Å². The summed E-state index contributed by atoms with van der Waals surface area (Å²) in [4.78, 5) is 16.8. The summed E-state index contributed by atoms with van der Waals surface area (Å²) in [6, 6.07) is 1.45. The molecule has 1 aromatic rings. The van der Waals surface area contributed by atoms with Crippen LogP contribution in [-0.4, -0.2) is 54.2 Å². The van der Waals surface area contributed by atoms with Crippen molar-refractivity contribution in [2.75, 3.05) is 44.7 Å². The molecule has 0 atom stereocenters. The van der Waals surface area contributed by atoms with Crippen LogP contribution in [0.5, 0.6) is 0 Å². The molecule has 1 aliphatic heterocycles. The van der Waals surface area contributed by atoms with Crippen LogP contribution in [0.2, 0.25) is 0 Å². The van der Waals surface area contributed by atoms with Gasteiger partial charge in [-0.05, 0) is 15.9 Å². The van der Waals surface area contributed by atoms with Gasteiger partial charge in [-0.3, -0.25) is 15.0 Å². The molecule has 2 heterocycles. The molecule has 1 aliphatic rings. The molecule has 0 spiro atoms. The van der Waals surface area contributed by atoms with E-state index in [1.54, 1.807) is 6.20 Å². The van der Waals surface area contributed by atoms with Gasteiger partial charge in [-0.2, -0.15) is 0 Å². The highest BCUT2D eigenvalue weighted by atomic mass is 79.9. The summed E-state index contributed by atoms with van der Waals surface area (Å²) in [6.45, 7) is 4.73. The lowest BCUT2D eigenvalue weighted by molar-refractivity contribution is -0.384. The third-order valence-electron chi connectivity index (χ3n) is 2.86. The Labute approximate surface area is 119 Å². The predicted molar refractivity (Wildman–Crippen MR) is 74.3 cm³/mol. The third-order valence-corrected chi connectivity index (χ3v) is 3.29. The maximum atomic E-state index is 10.9. The average molecular weight is 331 g/mol. The second kappa shape index (κ2) is 6.78. The van der Waals surface area contributed by atoms with Crippen LogP contribution < -0.4 is 5.32 Å². The molecule has 0 bridgehead atoms. The smallest absolute Gasteiger partial charge is 0.312 e. The Morgan fingerprint density at radius 1 is 1.53 bits per heavy atom. The second-order valence-corrected chi connectivity index (χ2v) is 5.07. The molecule has 104 valence electrons. The summed E-state index contributed by atoms with van der Waals surface area (Å²) < 4.78 is 5.85. The molecule has 7 nitrogen and oxygen atoms in total. The summed E-state index contributed by atoms with van der Waals surface area (Å²) in [5.74, 6) is 0.307. The van der Waals surface area contributed by atoms with Crippen molar-refractivity contribution in [1.29, 1.82) is 0 Å². The molecule has 1 aromatic heterocycles. The Kier molecular flexibility index (Phi) is 5.06. The number of nitro groups is 1. The fourth-order valence-electron chi connectivity index (χ4n) is 1.86. The van der Waals surface area contributed by atoms with E-state index in [0.29, 0.717) is 16.8 Å². The number of rotatable bonds is 5. The Morgan fingerprint density at radius 2 is 2.26 bits per heavy atom. The molecule has 0 aromatic carbocycles. The van der Waals surface area contributed by atoms with Gasteiger partial charge >= 0.3 is 5.69 Å². The topological polar surface area (TPSA) is 80.5 Å². The lowest BCUT2D eigenvalue weighted by Gasteiger charge is -2.26. The predicted octanol–water partition coefficient (Wildman–Crippen LogP) is 1.50. The molecule has 0 saturated carbocycles. The van der Waals surface area contributed by atoms with Crippen molar-refractivity contribution in [1.82, 2.24) is 9.88 Å². The van der Waals surface area contributed by atoms with Crippen molar-refractivity contribution in [2.24, 2.45) is 0 Å². The molecular formula is C11H15BrN4O3. The highest BCUT2D eigenvalue weighted by Crippen LogP contribution is 2.24. The van der Waals surface area contributed by atoms with E-state index in [1.165, 1.54) is 6.07 Å². The van der Waals surface area contributed by atoms with E-state index in [1.807, 2.05) is 0 Å². The lowest BCUT2D eigenvalue weighted by Crippen LogP contribution is -2.39. The molecule has 0 aliphatic carbocycles. The van der Waals surface area contributed by atoms with E-state index in [4.69, 9.17) is 4.74 Å². The molecule has 1 N–H and O–H groups in total. The molecule has 8 heteroatoms. The molecule has 19 heavy (non-hydrogen) atoms. The third kappa shape index (κ3) is 4.12. The minimum Gasteiger partial charge on any atom is -0.379 e. The zero-order valence-electron chi connectivity index (χ0n) is 10.3. The molecular weight excluding hydrogens is 316 g/mol. The minimum atomic E-state index is -0.436. The number of ether oxygens (including phenoxy) is 1. The SMILES string of the molecule is O=[N+]([O-])c1cc(Br)cnc1NCCN1CCOCC1. The first-order valence-electron chi connectivity index (χ1n) is 6.01. The molecule has 0 unspecified atom stereocenters. The largest absolute Gasteiger partial charge is 0.379 e. The zero-order valence-corrected chi connectivity index (χ0v) is 11.9. The number of nitrogens with zero attached hydrogens (tertiary/aromatic N) is 3. The number of halogens is 1. The van der Waals surface area contributed by atoms with E-state index < -0.39 is 4.92 Å². The number of morpholine rings is 1. The van der Waals surface area contributed by atoms with Crippen LogP contribution in [0.25, 0.3) is 0 Å². The fraction of sp³-hybridized carbons (Fsp3) is 0.545. The second-order valence-electron chi connectivity index (χ2n) is 4.16. The maximum absolute atomic E-state index is 10.9. The van der Waals surface area contributed by atoms with Crippen molar-refractivity contribution in [2.45, 2.75) is 0 Å². The van der Waals surface area contributed by atoms with Crippen LogP contribution in [0.3, 0.4) is 0 Å². The Morgan fingerprint density at radius 3 is 2.95 bits per heavy atom. The van der Waals surface area contributed by atoms with Crippen LogP contribution in [-0.2, 0) is 4.74 Å². The number of nitrogens with one attached hydrogen (secondary N) is 1. The van der Waals surface area contributed by atoms with Crippen molar-refractivity contribution < 1.29 is 9.66 Å². The first-order valence-corrected chi connectivity index (χ1v) is 6.80. The quantitative estimate of drug-likeness (QED) is 0.650. The van der Waals surface area contributed by atoms with Gasteiger partial charge in [0.25, 0.3) is 0 Å². The first kappa shape index (κ1) is 14.2. The lowest BCUT2D eigenvalue weighted by atomic mass is 10.3. The Bertz CT molecular complexity index is 452. The van der Waals surface area contributed by atoms with E-state index in [-0.39, 0.29) is 5.69 Å². The summed E-state index contributed by atoms with van der Waals surface area (Å²) in [5.41, 5.74) is -0.0173. The molecule has 0 amide bonds. The van der Waals surface area contributed by atoms with Crippen molar-refractivity contribution in [3.8, 4) is 0 Å². The normalized spacial score (nSPS) is 16.3. The van der Waals surface area contributed by atoms with Crippen molar-refractivity contribution in [3.05, 3.63) is 26.9 Å². The van der Waals surface area contributed by atoms with Crippen LogP contribution >= 0.6 is 15.9 Å². The van der Waals surface area contributed by atoms with E-state index in [0.717, 1.165) is 32.8 Å². The number of pyridine rings is 1. The summed E-state index contributed by atoms with van der Waals surface area (Å²) in [7, 11) is 0. The van der Waals surface area contributed by atoms with Gasteiger partial charge in [-0.25, -0.2) is 4.98 Å². The van der Waals surface area contributed by atoms with Gasteiger partial charge in [0.05, 0.1) is 18.1 Å². The summed E-state index contributed by atoms with van der Waals surface area (Å²) >= 11 is 3.18. The molecule has 0 radical (unpaired) electrons. The minimum absolute atomic E-state index is 0.0173. The molecule has 1 saturated heterocycles. The molecule has 2 rings (SSSR count). The summed E-state index contributed by atoms with van der Waals surface area (Å²) in [5, 5.41) is 13.9. The Balaban J connectivity index is 1.89. The monoisotopic (exact) mass is 330 g/mol. The Hall–Kier alpha value is -1.25. The summed E-state index contributed by atoms with van der Waals surface area (Å²) in [6.07, 6.45) is 1.55. The highest BCUT2D eigenvalue weighted by Gasteiger charge is 2.16. The van der Waals surface area contributed by atoms with Gasteiger partial charge in [0.1, 0.15) is 0 Å². The van der Waals surface area contributed by atoms with Gasteiger partial charge in [0.15, 0.2) is 0 Å². The fourth-order valence-corrected chi connectivity index (χ4v) is 2.18. The maximum Gasteiger partial charge on any atom is 0.312 e. The first-order chi connectivity index (χ1) is 9.16. The average Bonchev–Trinajstić information content (AvgIpc) is 2.41.